The summed E-state index contributed by atoms with van der Waals surface area (Å²) in [5, 5.41) is 8.92. The predicted molar refractivity (Wildman–Crippen MR) is 80.8 cm³/mol. The zero-order valence-corrected chi connectivity index (χ0v) is 12.9. The molecule has 2 heterocycles. The molecule has 0 aromatic carbocycles. The van der Waals surface area contributed by atoms with Crippen molar-refractivity contribution in [2.24, 2.45) is 11.8 Å². The number of aromatic nitrogens is 2. The molecule has 1 fully saturated rings. The summed E-state index contributed by atoms with van der Waals surface area (Å²) in [6.07, 6.45) is 3.13. The molecule has 21 heavy (non-hydrogen) atoms. The Hall–Kier alpha value is -1.69. The first-order valence-corrected chi connectivity index (χ1v) is 8.23. The standard InChI is InChI=1S/C15H19N3O2S/c1-10-8-11(10)9-16-13(19)5-2-6-14-17-15(18-20-14)12-4-3-7-21-12/h3-4,7,10-11H,2,5-6,8-9H2,1H3,(H,16,19)/t10-,11-/m0/s1. The number of carbonyl (C=O) groups excluding carboxylic acids is 1. The first-order chi connectivity index (χ1) is 10.2. The van der Waals surface area contributed by atoms with E-state index in [-0.39, 0.29) is 5.91 Å². The van der Waals surface area contributed by atoms with E-state index in [9.17, 15) is 4.79 Å². The van der Waals surface area contributed by atoms with Gasteiger partial charge in [-0.25, -0.2) is 0 Å². The fourth-order valence-corrected chi connectivity index (χ4v) is 2.93. The van der Waals surface area contributed by atoms with Crippen LogP contribution in [0.5, 0.6) is 0 Å². The van der Waals surface area contributed by atoms with Gasteiger partial charge in [-0.1, -0.05) is 18.1 Å². The summed E-state index contributed by atoms with van der Waals surface area (Å²) in [7, 11) is 0. The van der Waals surface area contributed by atoms with Crippen LogP contribution in [0, 0.1) is 11.8 Å². The lowest BCUT2D eigenvalue weighted by Crippen LogP contribution is -2.25. The molecule has 2 atom stereocenters. The van der Waals surface area contributed by atoms with Crippen molar-refractivity contribution < 1.29 is 9.32 Å². The molecule has 6 heteroatoms. The zero-order chi connectivity index (χ0) is 14.7. The highest BCUT2D eigenvalue weighted by atomic mass is 32.1. The van der Waals surface area contributed by atoms with Gasteiger partial charge in [-0.05, 0) is 36.1 Å². The van der Waals surface area contributed by atoms with Gasteiger partial charge in [-0.3, -0.25) is 4.79 Å². The van der Waals surface area contributed by atoms with Crippen molar-refractivity contribution in [3.8, 4) is 10.7 Å². The molecule has 1 aliphatic carbocycles. The van der Waals surface area contributed by atoms with Gasteiger partial charge in [0.2, 0.25) is 17.6 Å². The van der Waals surface area contributed by atoms with Gasteiger partial charge >= 0.3 is 0 Å². The van der Waals surface area contributed by atoms with E-state index in [0.29, 0.717) is 30.5 Å². The quantitative estimate of drug-likeness (QED) is 0.854. The number of amides is 1. The first-order valence-electron chi connectivity index (χ1n) is 7.35. The summed E-state index contributed by atoms with van der Waals surface area (Å²) >= 11 is 1.58. The first kappa shape index (κ1) is 14.3. The molecule has 2 aromatic heterocycles. The second-order valence-corrected chi connectivity index (χ2v) is 6.57. The maximum Gasteiger partial charge on any atom is 0.226 e. The highest BCUT2D eigenvalue weighted by molar-refractivity contribution is 7.13. The minimum atomic E-state index is 0.118. The van der Waals surface area contributed by atoms with Crippen LogP contribution in [-0.4, -0.2) is 22.6 Å². The third-order valence-corrected chi connectivity index (χ3v) is 4.71. The second kappa shape index (κ2) is 6.39. The van der Waals surface area contributed by atoms with E-state index in [1.54, 1.807) is 11.3 Å². The van der Waals surface area contributed by atoms with Gasteiger partial charge in [-0.2, -0.15) is 4.98 Å². The summed E-state index contributed by atoms with van der Waals surface area (Å²) in [6.45, 7) is 3.04. The molecule has 0 spiro atoms. The molecule has 3 rings (SSSR count). The largest absolute Gasteiger partial charge is 0.356 e. The van der Waals surface area contributed by atoms with Crippen LogP contribution in [0.3, 0.4) is 0 Å². The Morgan fingerprint density at radius 2 is 2.43 bits per heavy atom. The van der Waals surface area contributed by atoms with Crippen LogP contribution in [0.4, 0.5) is 0 Å². The predicted octanol–water partition coefficient (Wildman–Crippen LogP) is 2.89. The molecular weight excluding hydrogens is 286 g/mol. The Labute approximate surface area is 127 Å². The lowest BCUT2D eigenvalue weighted by Gasteiger charge is -2.02. The summed E-state index contributed by atoms with van der Waals surface area (Å²) < 4.78 is 5.21. The number of hydrogen-bond acceptors (Lipinski definition) is 5. The molecule has 0 saturated heterocycles. The molecule has 0 aliphatic heterocycles. The van der Waals surface area contributed by atoms with Crippen molar-refractivity contribution in [1.82, 2.24) is 15.5 Å². The number of carbonyl (C=O) groups is 1. The average molecular weight is 305 g/mol. The summed E-state index contributed by atoms with van der Waals surface area (Å²) in [6, 6.07) is 3.92. The smallest absolute Gasteiger partial charge is 0.226 e. The topological polar surface area (TPSA) is 68.0 Å². The number of aryl methyl sites for hydroxylation is 1. The Morgan fingerprint density at radius 3 is 3.14 bits per heavy atom. The van der Waals surface area contributed by atoms with Gasteiger partial charge in [0, 0.05) is 19.4 Å². The highest BCUT2D eigenvalue weighted by Crippen LogP contribution is 2.36. The van der Waals surface area contributed by atoms with Crippen LogP contribution < -0.4 is 5.32 Å². The van der Waals surface area contributed by atoms with Crippen molar-refractivity contribution in [2.45, 2.75) is 32.6 Å². The van der Waals surface area contributed by atoms with Crippen molar-refractivity contribution in [3.05, 3.63) is 23.4 Å². The van der Waals surface area contributed by atoms with E-state index in [1.165, 1.54) is 6.42 Å². The van der Waals surface area contributed by atoms with E-state index in [0.717, 1.165) is 23.8 Å². The minimum absolute atomic E-state index is 0.118. The van der Waals surface area contributed by atoms with E-state index in [4.69, 9.17) is 4.52 Å². The molecular formula is C15H19N3O2S. The fraction of sp³-hybridized carbons (Fsp3) is 0.533. The van der Waals surface area contributed by atoms with E-state index in [1.807, 2.05) is 17.5 Å². The van der Waals surface area contributed by atoms with Gasteiger partial charge < -0.3 is 9.84 Å². The van der Waals surface area contributed by atoms with E-state index < -0.39 is 0 Å². The lowest BCUT2D eigenvalue weighted by molar-refractivity contribution is -0.121. The number of rotatable bonds is 7. The zero-order valence-electron chi connectivity index (χ0n) is 12.0. The summed E-state index contributed by atoms with van der Waals surface area (Å²) in [4.78, 5) is 17.0. The maximum atomic E-state index is 11.7. The van der Waals surface area contributed by atoms with Gasteiger partial charge in [-0.15, -0.1) is 11.3 Å². The SMILES string of the molecule is C[C@H]1C[C@H]1CNC(=O)CCCc1nc(-c2cccs2)no1. The number of nitrogens with one attached hydrogen (secondary N) is 1. The normalized spacial score (nSPS) is 20.4. The van der Waals surface area contributed by atoms with Crippen LogP contribution in [-0.2, 0) is 11.2 Å². The van der Waals surface area contributed by atoms with Crippen LogP contribution in [0.15, 0.2) is 22.0 Å². The highest BCUT2D eigenvalue weighted by Gasteiger charge is 2.32. The van der Waals surface area contributed by atoms with E-state index in [2.05, 4.69) is 22.4 Å². The van der Waals surface area contributed by atoms with Crippen molar-refractivity contribution in [3.63, 3.8) is 0 Å². The van der Waals surface area contributed by atoms with Crippen LogP contribution in [0.25, 0.3) is 10.7 Å². The number of thiophene rings is 1. The Kier molecular flexibility index (Phi) is 4.34. The Bertz CT molecular complexity index is 594. The molecule has 1 saturated carbocycles. The molecule has 1 aliphatic rings. The monoisotopic (exact) mass is 305 g/mol. The van der Waals surface area contributed by atoms with Crippen molar-refractivity contribution in [1.29, 1.82) is 0 Å². The average Bonchev–Trinajstić information content (AvgIpc) is 2.93. The van der Waals surface area contributed by atoms with Crippen LogP contribution in [0.1, 0.15) is 32.1 Å². The van der Waals surface area contributed by atoms with Gasteiger partial charge in [0.15, 0.2) is 0 Å². The molecule has 0 radical (unpaired) electrons. The van der Waals surface area contributed by atoms with Gasteiger partial charge in [0.1, 0.15) is 0 Å². The van der Waals surface area contributed by atoms with Gasteiger partial charge in [0.05, 0.1) is 4.88 Å². The van der Waals surface area contributed by atoms with Crippen LogP contribution in [0.2, 0.25) is 0 Å². The summed E-state index contributed by atoms with van der Waals surface area (Å²) in [5.41, 5.74) is 0. The Balaban J connectivity index is 1.38. The third-order valence-electron chi connectivity index (χ3n) is 3.84. The second-order valence-electron chi connectivity index (χ2n) is 5.62. The summed E-state index contributed by atoms with van der Waals surface area (Å²) in [5.74, 6) is 2.82. The molecule has 5 nitrogen and oxygen atoms in total. The lowest BCUT2D eigenvalue weighted by atomic mass is 10.2. The maximum absolute atomic E-state index is 11.7. The number of nitrogens with zero attached hydrogens (tertiary/aromatic N) is 2. The molecule has 112 valence electrons. The third kappa shape index (κ3) is 3.91. The molecule has 1 amide bonds. The number of hydrogen-bond donors (Lipinski definition) is 1. The Morgan fingerprint density at radius 1 is 1.57 bits per heavy atom. The van der Waals surface area contributed by atoms with Crippen molar-refractivity contribution in [2.75, 3.05) is 6.54 Å². The van der Waals surface area contributed by atoms with E-state index >= 15 is 0 Å². The van der Waals surface area contributed by atoms with Crippen molar-refractivity contribution >= 4 is 17.2 Å². The van der Waals surface area contributed by atoms with Gasteiger partial charge in [0.25, 0.3) is 0 Å². The molecule has 2 aromatic rings. The molecule has 0 bridgehead atoms. The fourth-order valence-electron chi connectivity index (χ4n) is 2.28. The molecule has 1 N–H and O–H groups in total. The molecule has 0 unspecified atom stereocenters. The van der Waals surface area contributed by atoms with Crippen LogP contribution >= 0.6 is 11.3 Å². The minimum Gasteiger partial charge on any atom is -0.356 e.